The summed E-state index contributed by atoms with van der Waals surface area (Å²) < 4.78 is 92.8. The van der Waals surface area contributed by atoms with E-state index in [4.69, 9.17) is 11.6 Å². The van der Waals surface area contributed by atoms with Crippen LogP contribution in [0.5, 0.6) is 0 Å². The standard InChI is InChI=1S/C22H18ClF5N4O4S2/c23-15-8-19(38(34,35)32(21-29-6-7-37-21)36-20(33)22(26,27)28)16(25)9-17(15)30-18(12-31-10-14(24)11-31)13-4-2-1-3-5-13/h1-9,14,18,30H,10-12H2/t18-/m1/s1. The van der Waals surface area contributed by atoms with Crippen LogP contribution in [0.3, 0.4) is 0 Å². The van der Waals surface area contributed by atoms with Crippen molar-refractivity contribution in [3.63, 3.8) is 0 Å². The zero-order valence-electron chi connectivity index (χ0n) is 19.0. The fraction of sp³-hybridized carbons (Fsp3) is 0.273. The third-order valence-corrected chi connectivity index (χ3v) is 8.10. The molecule has 8 nitrogen and oxygen atoms in total. The number of likely N-dealkylation sites (tertiary alicyclic amines) is 1. The third kappa shape index (κ3) is 6.17. The number of thiazole rings is 1. The molecule has 0 aliphatic carbocycles. The van der Waals surface area contributed by atoms with E-state index in [0.29, 0.717) is 23.9 Å². The summed E-state index contributed by atoms with van der Waals surface area (Å²) in [5.41, 5.74) is 0.736. The Hall–Kier alpha value is -3.01. The molecule has 1 aromatic heterocycles. The number of halogens is 6. The topological polar surface area (TPSA) is 91.8 Å². The molecule has 1 fully saturated rings. The van der Waals surface area contributed by atoms with Crippen molar-refractivity contribution in [3.8, 4) is 0 Å². The van der Waals surface area contributed by atoms with Crippen LogP contribution < -0.4 is 9.79 Å². The fourth-order valence-electron chi connectivity index (χ4n) is 3.57. The molecule has 1 aliphatic heterocycles. The third-order valence-electron chi connectivity index (χ3n) is 5.38. The van der Waals surface area contributed by atoms with Crippen LogP contribution in [0.2, 0.25) is 5.02 Å². The molecular weight excluding hydrogens is 579 g/mol. The number of nitrogens with one attached hydrogen (secondary N) is 1. The molecular formula is C22H18ClF5N4O4S2. The Kier molecular flexibility index (Phi) is 8.11. The summed E-state index contributed by atoms with van der Waals surface area (Å²) in [6, 6.07) is 9.83. The van der Waals surface area contributed by atoms with E-state index in [2.05, 4.69) is 15.1 Å². The SMILES string of the molecule is O=C(ON(c1nccs1)S(=O)(=O)c1cc(Cl)c(N[C@H](CN2CC(F)C2)c2ccccc2)cc1F)C(F)(F)F. The molecule has 2 aromatic carbocycles. The highest BCUT2D eigenvalue weighted by Crippen LogP contribution is 2.35. The van der Waals surface area contributed by atoms with Gasteiger partial charge < -0.3 is 10.2 Å². The first kappa shape index (κ1) is 28.0. The Morgan fingerprint density at radius 1 is 1.26 bits per heavy atom. The Balaban J connectivity index is 1.65. The summed E-state index contributed by atoms with van der Waals surface area (Å²) in [4.78, 5) is 19.7. The number of nitrogens with zero attached hydrogens (tertiary/aromatic N) is 3. The molecule has 0 amide bonds. The van der Waals surface area contributed by atoms with Gasteiger partial charge in [0.25, 0.3) is 0 Å². The molecule has 0 bridgehead atoms. The van der Waals surface area contributed by atoms with Gasteiger partial charge in [0.15, 0.2) is 0 Å². The second kappa shape index (κ2) is 11.0. The second-order valence-corrected chi connectivity index (χ2v) is 11.1. The first-order valence-electron chi connectivity index (χ1n) is 10.8. The van der Waals surface area contributed by atoms with Gasteiger partial charge in [-0.1, -0.05) is 46.4 Å². The number of aromatic nitrogens is 1. The van der Waals surface area contributed by atoms with Gasteiger partial charge in [-0.3, -0.25) is 4.90 Å². The molecule has 0 saturated carbocycles. The molecule has 16 heteroatoms. The van der Waals surface area contributed by atoms with E-state index in [0.717, 1.165) is 17.8 Å². The number of anilines is 2. The predicted molar refractivity (Wildman–Crippen MR) is 129 cm³/mol. The van der Waals surface area contributed by atoms with Crippen LogP contribution in [0.1, 0.15) is 11.6 Å². The van der Waals surface area contributed by atoms with Crippen molar-refractivity contribution in [2.24, 2.45) is 0 Å². The van der Waals surface area contributed by atoms with Gasteiger partial charge >= 0.3 is 22.2 Å². The zero-order chi connectivity index (χ0) is 27.7. The molecule has 204 valence electrons. The monoisotopic (exact) mass is 596 g/mol. The maximum Gasteiger partial charge on any atom is 0.493 e. The fourth-order valence-corrected chi connectivity index (χ4v) is 5.94. The molecule has 0 spiro atoms. The highest BCUT2D eigenvalue weighted by molar-refractivity contribution is 7.92. The summed E-state index contributed by atoms with van der Waals surface area (Å²) in [5.74, 6) is -4.24. The lowest BCUT2D eigenvalue weighted by molar-refractivity contribution is -0.199. The summed E-state index contributed by atoms with van der Waals surface area (Å²) >= 11 is 6.80. The maximum atomic E-state index is 15.2. The smallest absolute Gasteiger partial charge is 0.376 e. The van der Waals surface area contributed by atoms with Crippen molar-refractivity contribution in [1.29, 1.82) is 0 Å². The lowest BCUT2D eigenvalue weighted by Gasteiger charge is -2.37. The van der Waals surface area contributed by atoms with Crippen LogP contribution >= 0.6 is 22.9 Å². The molecule has 2 heterocycles. The normalized spacial score (nSPS) is 15.5. The van der Waals surface area contributed by atoms with Crippen molar-refractivity contribution in [1.82, 2.24) is 9.88 Å². The van der Waals surface area contributed by atoms with Crippen molar-refractivity contribution in [2.75, 3.05) is 29.4 Å². The summed E-state index contributed by atoms with van der Waals surface area (Å²) in [7, 11) is -5.25. The van der Waals surface area contributed by atoms with Crippen LogP contribution in [0.4, 0.5) is 32.8 Å². The number of rotatable bonds is 9. The minimum absolute atomic E-state index is 0.0256. The second-order valence-electron chi connectivity index (χ2n) is 8.11. The molecule has 1 saturated heterocycles. The Morgan fingerprint density at radius 3 is 2.53 bits per heavy atom. The van der Waals surface area contributed by atoms with Crippen LogP contribution in [0.15, 0.2) is 58.9 Å². The molecule has 4 rings (SSSR count). The molecule has 3 aromatic rings. The quantitative estimate of drug-likeness (QED) is 0.276. The van der Waals surface area contributed by atoms with Gasteiger partial charge in [0.2, 0.25) is 5.13 Å². The van der Waals surface area contributed by atoms with Crippen molar-refractivity contribution >= 4 is 49.7 Å². The van der Waals surface area contributed by atoms with Gasteiger partial charge in [-0.25, -0.2) is 18.6 Å². The molecule has 0 radical (unpaired) electrons. The van der Waals surface area contributed by atoms with Gasteiger partial charge in [0, 0.05) is 31.2 Å². The first-order chi connectivity index (χ1) is 17.9. The van der Waals surface area contributed by atoms with E-state index in [-0.39, 0.29) is 23.8 Å². The number of sulfonamides is 1. The van der Waals surface area contributed by atoms with Crippen LogP contribution in [-0.4, -0.2) is 56.3 Å². The van der Waals surface area contributed by atoms with Gasteiger partial charge in [0.05, 0.1) is 16.8 Å². The van der Waals surface area contributed by atoms with E-state index in [1.165, 1.54) is 5.38 Å². The molecule has 38 heavy (non-hydrogen) atoms. The average molecular weight is 597 g/mol. The van der Waals surface area contributed by atoms with Crippen LogP contribution in [-0.2, 0) is 19.7 Å². The maximum absolute atomic E-state index is 15.2. The van der Waals surface area contributed by atoms with Crippen LogP contribution in [0, 0.1) is 5.82 Å². The van der Waals surface area contributed by atoms with E-state index in [1.807, 2.05) is 4.90 Å². The Morgan fingerprint density at radius 2 is 1.95 bits per heavy atom. The molecule has 1 atom stereocenters. The van der Waals surface area contributed by atoms with E-state index < -0.39 is 54.7 Å². The Bertz CT molecular complexity index is 1390. The highest BCUT2D eigenvalue weighted by atomic mass is 35.5. The summed E-state index contributed by atoms with van der Waals surface area (Å²) in [6.07, 6.45) is -5.45. The lowest BCUT2D eigenvalue weighted by Crippen LogP contribution is -2.50. The van der Waals surface area contributed by atoms with Crippen molar-refractivity contribution < 1.29 is 40.0 Å². The number of carbonyl (C=O) groups is 1. The van der Waals surface area contributed by atoms with Gasteiger partial charge in [-0.05, 0) is 17.7 Å². The zero-order valence-corrected chi connectivity index (χ0v) is 21.4. The van der Waals surface area contributed by atoms with E-state index in [9.17, 15) is 30.8 Å². The minimum atomic E-state index is -5.54. The number of benzene rings is 2. The number of hydrogen-bond acceptors (Lipinski definition) is 8. The van der Waals surface area contributed by atoms with E-state index >= 15 is 4.39 Å². The first-order valence-corrected chi connectivity index (χ1v) is 13.5. The minimum Gasteiger partial charge on any atom is -0.376 e. The molecule has 1 aliphatic rings. The summed E-state index contributed by atoms with van der Waals surface area (Å²) in [6.45, 7) is 0.759. The Labute approximate surface area is 222 Å². The summed E-state index contributed by atoms with van der Waals surface area (Å²) in [5, 5.41) is 3.26. The van der Waals surface area contributed by atoms with Gasteiger partial charge in [-0.2, -0.15) is 21.6 Å². The number of carbonyl (C=O) groups excluding carboxylic acids is 1. The van der Waals surface area contributed by atoms with Crippen molar-refractivity contribution in [2.45, 2.75) is 23.3 Å². The number of alkyl halides is 4. The average Bonchev–Trinajstić information content (AvgIpc) is 3.37. The van der Waals surface area contributed by atoms with Gasteiger partial charge in [-0.15, -0.1) is 11.3 Å². The van der Waals surface area contributed by atoms with Crippen LogP contribution in [0.25, 0.3) is 0 Å². The molecule has 1 N–H and O–H groups in total. The van der Waals surface area contributed by atoms with Gasteiger partial charge in [0.1, 0.15) is 16.9 Å². The highest BCUT2D eigenvalue weighted by Gasteiger charge is 2.46. The van der Waals surface area contributed by atoms with E-state index in [1.54, 1.807) is 30.3 Å². The molecule has 0 unspecified atom stereocenters. The lowest BCUT2D eigenvalue weighted by atomic mass is 10.0. The number of hydrogen-bond donors (Lipinski definition) is 1. The predicted octanol–water partition coefficient (Wildman–Crippen LogP) is 4.96. The largest absolute Gasteiger partial charge is 0.493 e. The van der Waals surface area contributed by atoms with Crippen molar-refractivity contribution in [3.05, 3.63) is 70.4 Å².